The highest BCUT2D eigenvalue weighted by atomic mass is 35.5. The predicted octanol–water partition coefficient (Wildman–Crippen LogP) is 2.35. The molecule has 0 bridgehead atoms. The Morgan fingerprint density at radius 3 is 2.76 bits per heavy atom. The third-order valence-corrected chi connectivity index (χ3v) is 2.93. The fourth-order valence-corrected chi connectivity index (χ4v) is 1.84. The molecule has 2 N–H and O–H groups in total. The lowest BCUT2D eigenvalue weighted by Gasteiger charge is -2.05. The second kappa shape index (κ2) is 4.48. The zero-order chi connectivity index (χ0) is 12.4. The van der Waals surface area contributed by atoms with Crippen LogP contribution in [0.1, 0.15) is 16.8 Å². The van der Waals surface area contributed by atoms with E-state index in [0.717, 1.165) is 5.56 Å². The van der Waals surface area contributed by atoms with E-state index in [4.69, 9.17) is 22.6 Å². The molecule has 2 aromatic rings. The number of nitrogens with zero attached hydrogens (tertiary/aromatic N) is 3. The third kappa shape index (κ3) is 2.10. The van der Waals surface area contributed by atoms with Crippen LogP contribution in [-0.4, -0.2) is 9.78 Å². The Morgan fingerprint density at radius 2 is 2.18 bits per heavy atom. The summed E-state index contributed by atoms with van der Waals surface area (Å²) < 4.78 is 1.59. The number of aromatic nitrogens is 2. The van der Waals surface area contributed by atoms with Gasteiger partial charge in [-0.15, -0.1) is 0 Å². The molecule has 0 aliphatic rings. The number of nitrogen functional groups attached to an aromatic ring is 1. The van der Waals surface area contributed by atoms with Gasteiger partial charge in [0.05, 0.1) is 12.2 Å². The molecular formula is C12H11ClN4. The van der Waals surface area contributed by atoms with Gasteiger partial charge in [0.2, 0.25) is 0 Å². The molecule has 0 atom stereocenters. The number of aryl methyl sites for hydroxylation is 1. The van der Waals surface area contributed by atoms with Gasteiger partial charge in [-0.05, 0) is 18.6 Å². The van der Waals surface area contributed by atoms with E-state index in [2.05, 4.69) is 5.10 Å². The molecule has 0 radical (unpaired) electrons. The Kier molecular flexibility index (Phi) is 3.03. The molecule has 2 rings (SSSR count). The van der Waals surface area contributed by atoms with Crippen LogP contribution in [0, 0.1) is 18.3 Å². The lowest BCUT2D eigenvalue weighted by Crippen LogP contribution is -2.06. The predicted molar refractivity (Wildman–Crippen MR) is 66.6 cm³/mol. The fraction of sp³-hybridized carbons (Fsp3) is 0.167. The van der Waals surface area contributed by atoms with E-state index in [1.807, 2.05) is 30.3 Å². The molecule has 4 nitrogen and oxygen atoms in total. The minimum atomic E-state index is 0.380. The normalized spacial score (nSPS) is 10.2. The first-order valence-corrected chi connectivity index (χ1v) is 5.47. The fourth-order valence-electron chi connectivity index (χ4n) is 1.65. The number of halogens is 1. The summed E-state index contributed by atoms with van der Waals surface area (Å²) in [5, 5.41) is 13.8. The summed E-state index contributed by atoms with van der Waals surface area (Å²) in [7, 11) is 0. The minimum absolute atomic E-state index is 0.380. The molecule has 0 saturated carbocycles. The molecule has 86 valence electrons. The molecule has 1 heterocycles. The number of benzene rings is 1. The van der Waals surface area contributed by atoms with Crippen LogP contribution in [0.15, 0.2) is 24.3 Å². The van der Waals surface area contributed by atoms with E-state index in [1.165, 1.54) is 0 Å². The van der Waals surface area contributed by atoms with Crippen molar-refractivity contribution in [3.8, 4) is 6.07 Å². The first-order valence-electron chi connectivity index (χ1n) is 5.10. The van der Waals surface area contributed by atoms with E-state index in [9.17, 15) is 0 Å². The molecule has 5 heteroatoms. The van der Waals surface area contributed by atoms with Gasteiger partial charge >= 0.3 is 0 Å². The highest BCUT2D eigenvalue weighted by Crippen LogP contribution is 2.20. The number of anilines is 1. The monoisotopic (exact) mass is 246 g/mol. The van der Waals surface area contributed by atoms with Crippen LogP contribution in [0.3, 0.4) is 0 Å². The van der Waals surface area contributed by atoms with Crippen molar-refractivity contribution in [3.63, 3.8) is 0 Å². The first-order chi connectivity index (χ1) is 8.13. The summed E-state index contributed by atoms with van der Waals surface area (Å²) in [4.78, 5) is 0. The van der Waals surface area contributed by atoms with Crippen molar-refractivity contribution in [2.45, 2.75) is 13.5 Å². The Labute approximate surface area is 104 Å². The van der Waals surface area contributed by atoms with Gasteiger partial charge in [0.1, 0.15) is 17.5 Å². The van der Waals surface area contributed by atoms with Crippen molar-refractivity contribution in [2.24, 2.45) is 0 Å². The average Bonchev–Trinajstić information content (AvgIpc) is 2.57. The van der Waals surface area contributed by atoms with Gasteiger partial charge in [0.15, 0.2) is 0 Å². The van der Waals surface area contributed by atoms with E-state index >= 15 is 0 Å². The Balaban J connectivity index is 2.38. The van der Waals surface area contributed by atoms with Gasteiger partial charge in [-0.25, -0.2) is 4.68 Å². The lowest BCUT2D eigenvalue weighted by molar-refractivity contribution is 0.689. The van der Waals surface area contributed by atoms with Crippen molar-refractivity contribution in [1.82, 2.24) is 9.78 Å². The van der Waals surface area contributed by atoms with Crippen molar-refractivity contribution >= 4 is 17.4 Å². The second-order valence-electron chi connectivity index (χ2n) is 3.71. The average molecular weight is 247 g/mol. The van der Waals surface area contributed by atoms with Crippen molar-refractivity contribution < 1.29 is 0 Å². The number of hydrogen-bond acceptors (Lipinski definition) is 3. The first kappa shape index (κ1) is 11.5. The molecule has 0 spiro atoms. The number of hydrogen-bond donors (Lipinski definition) is 1. The molecular weight excluding hydrogens is 236 g/mol. The summed E-state index contributed by atoms with van der Waals surface area (Å²) in [6, 6.07) is 9.53. The van der Waals surface area contributed by atoms with Gasteiger partial charge in [0.25, 0.3) is 0 Å². The van der Waals surface area contributed by atoms with E-state index in [1.54, 1.807) is 11.6 Å². The Hall–Kier alpha value is -1.99. The van der Waals surface area contributed by atoms with Crippen molar-refractivity contribution in [2.75, 3.05) is 5.73 Å². The molecule has 1 aromatic heterocycles. The summed E-state index contributed by atoms with van der Waals surface area (Å²) in [5.74, 6) is 0.380. The molecule has 0 saturated heterocycles. The summed E-state index contributed by atoms with van der Waals surface area (Å²) in [5.41, 5.74) is 7.84. The lowest BCUT2D eigenvalue weighted by atomic mass is 10.2. The highest BCUT2D eigenvalue weighted by molar-refractivity contribution is 6.31. The van der Waals surface area contributed by atoms with Crippen LogP contribution in [0.2, 0.25) is 5.02 Å². The van der Waals surface area contributed by atoms with Gasteiger partial charge in [-0.3, -0.25) is 0 Å². The standard InChI is InChI=1S/C12H11ClN4/c1-8-10(6-14)12(15)17(16-8)7-9-4-2-3-5-11(9)13/h2-5H,7,15H2,1H3. The van der Waals surface area contributed by atoms with E-state index in [0.29, 0.717) is 28.6 Å². The molecule has 1 aromatic carbocycles. The SMILES string of the molecule is Cc1nn(Cc2ccccc2Cl)c(N)c1C#N. The number of nitrogens with two attached hydrogens (primary N) is 1. The zero-order valence-electron chi connectivity index (χ0n) is 9.31. The quantitative estimate of drug-likeness (QED) is 0.884. The summed E-state index contributed by atoms with van der Waals surface area (Å²) >= 11 is 6.06. The number of rotatable bonds is 2. The second-order valence-corrected chi connectivity index (χ2v) is 4.11. The van der Waals surface area contributed by atoms with Gasteiger partial charge in [-0.1, -0.05) is 29.8 Å². The Morgan fingerprint density at radius 1 is 1.47 bits per heavy atom. The molecule has 17 heavy (non-hydrogen) atoms. The maximum absolute atomic E-state index is 8.92. The maximum atomic E-state index is 8.92. The van der Waals surface area contributed by atoms with E-state index < -0.39 is 0 Å². The van der Waals surface area contributed by atoms with Gasteiger partial charge in [0, 0.05) is 5.02 Å². The zero-order valence-corrected chi connectivity index (χ0v) is 10.1. The van der Waals surface area contributed by atoms with Crippen LogP contribution in [0.25, 0.3) is 0 Å². The van der Waals surface area contributed by atoms with Gasteiger partial charge in [-0.2, -0.15) is 10.4 Å². The highest BCUT2D eigenvalue weighted by Gasteiger charge is 2.12. The topological polar surface area (TPSA) is 67.6 Å². The number of nitriles is 1. The van der Waals surface area contributed by atoms with Crippen molar-refractivity contribution in [3.05, 3.63) is 46.1 Å². The Bertz CT molecular complexity index is 595. The molecule has 0 aliphatic carbocycles. The van der Waals surface area contributed by atoms with E-state index in [-0.39, 0.29) is 0 Å². The molecule has 0 fully saturated rings. The van der Waals surface area contributed by atoms with Crippen LogP contribution < -0.4 is 5.73 Å². The third-order valence-electron chi connectivity index (χ3n) is 2.56. The maximum Gasteiger partial charge on any atom is 0.140 e. The minimum Gasteiger partial charge on any atom is -0.383 e. The van der Waals surface area contributed by atoms with Crippen LogP contribution in [0.5, 0.6) is 0 Å². The van der Waals surface area contributed by atoms with Crippen LogP contribution in [0.4, 0.5) is 5.82 Å². The largest absolute Gasteiger partial charge is 0.383 e. The smallest absolute Gasteiger partial charge is 0.140 e. The van der Waals surface area contributed by atoms with Crippen molar-refractivity contribution in [1.29, 1.82) is 5.26 Å². The summed E-state index contributed by atoms with van der Waals surface area (Å²) in [6.45, 7) is 2.23. The van der Waals surface area contributed by atoms with Crippen LogP contribution in [-0.2, 0) is 6.54 Å². The molecule has 0 aliphatic heterocycles. The van der Waals surface area contributed by atoms with Gasteiger partial charge < -0.3 is 5.73 Å². The molecule has 0 unspecified atom stereocenters. The molecule has 0 amide bonds. The van der Waals surface area contributed by atoms with Crippen LogP contribution >= 0.6 is 11.6 Å². The summed E-state index contributed by atoms with van der Waals surface area (Å²) in [6.07, 6.45) is 0.